The van der Waals surface area contributed by atoms with Crippen molar-refractivity contribution in [1.82, 2.24) is 10.2 Å². The first-order chi connectivity index (χ1) is 7.58. The fraction of sp³-hybridized carbons (Fsp3) is 0.100. The molecule has 2 N–H and O–H groups in total. The summed E-state index contributed by atoms with van der Waals surface area (Å²) in [5.41, 5.74) is 1.43. The number of anilines is 1. The lowest BCUT2D eigenvalue weighted by Gasteiger charge is -2.05. The van der Waals surface area contributed by atoms with Crippen LogP contribution in [0.5, 0.6) is 0 Å². The van der Waals surface area contributed by atoms with Crippen LogP contribution in [0.1, 0.15) is 5.56 Å². The van der Waals surface area contributed by atoms with Crippen LogP contribution in [-0.2, 0) is 10.0 Å². The molecule has 0 atom stereocenters. The standard InChI is InChI=1S/C10H11N3O2S/c1-8-2-4-10(5-3-8)16(14,15)13-9-6-11-12-7-9/h2-7,13H,1H3,(H,11,12). The Morgan fingerprint density at radius 1 is 1.25 bits per heavy atom. The molecule has 0 aliphatic heterocycles. The summed E-state index contributed by atoms with van der Waals surface area (Å²) in [5, 5.41) is 6.20. The van der Waals surface area contributed by atoms with Crippen molar-refractivity contribution in [3.05, 3.63) is 42.2 Å². The van der Waals surface area contributed by atoms with E-state index in [4.69, 9.17) is 0 Å². The molecule has 0 aliphatic carbocycles. The second-order valence-corrected chi connectivity index (χ2v) is 5.09. The number of aromatic amines is 1. The first-order valence-electron chi connectivity index (χ1n) is 4.66. The Morgan fingerprint density at radius 2 is 1.94 bits per heavy atom. The number of hydrogen-bond donors (Lipinski definition) is 2. The second-order valence-electron chi connectivity index (χ2n) is 3.41. The van der Waals surface area contributed by atoms with E-state index in [0.717, 1.165) is 5.56 Å². The highest BCUT2D eigenvalue weighted by Crippen LogP contribution is 2.14. The maximum absolute atomic E-state index is 11.9. The van der Waals surface area contributed by atoms with E-state index in [1.54, 1.807) is 24.3 Å². The maximum atomic E-state index is 11.9. The van der Waals surface area contributed by atoms with Gasteiger partial charge >= 0.3 is 0 Å². The Labute approximate surface area is 93.6 Å². The molecule has 0 amide bonds. The molecule has 0 unspecified atom stereocenters. The Bertz CT molecular complexity index is 559. The Balaban J connectivity index is 2.29. The van der Waals surface area contributed by atoms with Crippen LogP contribution in [0.25, 0.3) is 0 Å². The van der Waals surface area contributed by atoms with Crippen molar-refractivity contribution in [2.24, 2.45) is 0 Å². The summed E-state index contributed by atoms with van der Waals surface area (Å²) >= 11 is 0. The van der Waals surface area contributed by atoms with Gasteiger partial charge in [-0.15, -0.1) is 0 Å². The van der Waals surface area contributed by atoms with E-state index in [1.165, 1.54) is 12.4 Å². The number of sulfonamides is 1. The van der Waals surface area contributed by atoms with Gasteiger partial charge < -0.3 is 0 Å². The summed E-state index contributed by atoms with van der Waals surface area (Å²) in [4.78, 5) is 0.235. The van der Waals surface area contributed by atoms with Crippen LogP contribution < -0.4 is 4.72 Å². The molecule has 0 spiro atoms. The number of aryl methyl sites for hydroxylation is 1. The fourth-order valence-electron chi connectivity index (χ4n) is 1.24. The van der Waals surface area contributed by atoms with Gasteiger partial charge in [0.25, 0.3) is 10.0 Å². The van der Waals surface area contributed by atoms with Crippen LogP contribution in [0.3, 0.4) is 0 Å². The Morgan fingerprint density at radius 3 is 2.50 bits per heavy atom. The molecule has 1 aromatic heterocycles. The molecule has 0 fully saturated rings. The van der Waals surface area contributed by atoms with Gasteiger partial charge in [0.2, 0.25) is 0 Å². The molecule has 5 nitrogen and oxygen atoms in total. The van der Waals surface area contributed by atoms with Gasteiger partial charge in [-0.05, 0) is 19.1 Å². The number of benzene rings is 1. The molecule has 0 aliphatic rings. The first-order valence-corrected chi connectivity index (χ1v) is 6.14. The van der Waals surface area contributed by atoms with E-state index in [1.807, 2.05) is 6.92 Å². The fourth-order valence-corrected chi connectivity index (χ4v) is 2.27. The van der Waals surface area contributed by atoms with Gasteiger partial charge in [0.05, 0.1) is 16.8 Å². The number of nitrogens with one attached hydrogen (secondary N) is 2. The molecule has 0 saturated heterocycles. The molecule has 0 radical (unpaired) electrons. The molecule has 0 bridgehead atoms. The topological polar surface area (TPSA) is 74.8 Å². The summed E-state index contributed by atoms with van der Waals surface area (Å²) in [7, 11) is -3.51. The summed E-state index contributed by atoms with van der Waals surface area (Å²) < 4.78 is 26.1. The predicted molar refractivity (Wildman–Crippen MR) is 60.6 cm³/mol. The third kappa shape index (κ3) is 2.22. The summed E-state index contributed by atoms with van der Waals surface area (Å²) in [5.74, 6) is 0. The van der Waals surface area contributed by atoms with Crippen LogP contribution in [0.4, 0.5) is 5.69 Å². The van der Waals surface area contributed by atoms with Gasteiger partial charge in [-0.25, -0.2) is 8.42 Å². The third-order valence-corrected chi connectivity index (χ3v) is 3.48. The van der Waals surface area contributed by atoms with E-state index in [0.29, 0.717) is 5.69 Å². The number of nitrogens with zero attached hydrogens (tertiary/aromatic N) is 1. The van der Waals surface area contributed by atoms with Crippen molar-refractivity contribution in [1.29, 1.82) is 0 Å². The van der Waals surface area contributed by atoms with Crippen LogP contribution in [0, 0.1) is 6.92 Å². The van der Waals surface area contributed by atoms with Crippen LogP contribution >= 0.6 is 0 Å². The lowest BCUT2D eigenvalue weighted by Crippen LogP contribution is -2.12. The van der Waals surface area contributed by atoms with Gasteiger partial charge in [0.1, 0.15) is 0 Å². The molecule has 2 rings (SSSR count). The van der Waals surface area contributed by atoms with Crippen molar-refractivity contribution in [3.8, 4) is 0 Å². The third-order valence-electron chi connectivity index (χ3n) is 2.08. The highest BCUT2D eigenvalue weighted by atomic mass is 32.2. The van der Waals surface area contributed by atoms with Gasteiger partial charge in [-0.1, -0.05) is 17.7 Å². The van der Waals surface area contributed by atoms with E-state index in [2.05, 4.69) is 14.9 Å². The minimum Gasteiger partial charge on any atom is -0.284 e. The van der Waals surface area contributed by atoms with E-state index >= 15 is 0 Å². The molecule has 16 heavy (non-hydrogen) atoms. The van der Waals surface area contributed by atoms with Crippen molar-refractivity contribution in [3.63, 3.8) is 0 Å². The Hall–Kier alpha value is -1.82. The molecule has 6 heteroatoms. The van der Waals surface area contributed by atoms with Crippen molar-refractivity contribution >= 4 is 15.7 Å². The van der Waals surface area contributed by atoms with Crippen LogP contribution in [-0.4, -0.2) is 18.6 Å². The highest BCUT2D eigenvalue weighted by Gasteiger charge is 2.13. The van der Waals surface area contributed by atoms with Crippen molar-refractivity contribution < 1.29 is 8.42 Å². The lowest BCUT2D eigenvalue weighted by molar-refractivity contribution is 0.601. The number of H-pyrrole nitrogens is 1. The average Bonchev–Trinajstić information content (AvgIpc) is 2.70. The quantitative estimate of drug-likeness (QED) is 0.849. The van der Waals surface area contributed by atoms with Crippen molar-refractivity contribution in [2.45, 2.75) is 11.8 Å². The van der Waals surface area contributed by atoms with Crippen molar-refractivity contribution in [2.75, 3.05) is 4.72 Å². The van der Waals surface area contributed by atoms with Gasteiger partial charge in [0, 0.05) is 6.20 Å². The minimum absolute atomic E-state index is 0.235. The summed E-state index contributed by atoms with van der Waals surface area (Å²) in [6.45, 7) is 1.90. The highest BCUT2D eigenvalue weighted by molar-refractivity contribution is 7.92. The maximum Gasteiger partial charge on any atom is 0.261 e. The SMILES string of the molecule is Cc1ccc(S(=O)(=O)Nc2cn[nH]c2)cc1. The van der Waals surface area contributed by atoms with E-state index in [9.17, 15) is 8.42 Å². The largest absolute Gasteiger partial charge is 0.284 e. The lowest BCUT2D eigenvalue weighted by atomic mass is 10.2. The molecule has 0 saturated carbocycles. The molecular formula is C10H11N3O2S. The zero-order valence-corrected chi connectivity index (χ0v) is 9.45. The zero-order valence-electron chi connectivity index (χ0n) is 8.64. The van der Waals surface area contributed by atoms with Crippen LogP contribution in [0.15, 0.2) is 41.6 Å². The van der Waals surface area contributed by atoms with E-state index in [-0.39, 0.29) is 4.90 Å². The number of rotatable bonds is 3. The summed E-state index contributed by atoms with van der Waals surface area (Å²) in [6.07, 6.45) is 2.89. The minimum atomic E-state index is -3.51. The molecule has 84 valence electrons. The average molecular weight is 237 g/mol. The first kappa shape index (κ1) is 10.7. The van der Waals surface area contributed by atoms with E-state index < -0.39 is 10.0 Å². The monoisotopic (exact) mass is 237 g/mol. The molecule has 1 aromatic carbocycles. The molecule has 1 heterocycles. The van der Waals surface area contributed by atoms with Crippen LogP contribution in [0.2, 0.25) is 0 Å². The van der Waals surface area contributed by atoms with Gasteiger partial charge in [0.15, 0.2) is 0 Å². The predicted octanol–water partition coefficient (Wildman–Crippen LogP) is 1.52. The molecular weight excluding hydrogens is 226 g/mol. The Kier molecular flexibility index (Phi) is 2.66. The van der Waals surface area contributed by atoms with Gasteiger partial charge in [-0.2, -0.15) is 5.10 Å². The normalized spacial score (nSPS) is 11.3. The summed E-state index contributed by atoms with van der Waals surface area (Å²) in [6, 6.07) is 6.64. The number of aromatic nitrogens is 2. The zero-order chi connectivity index (χ0) is 11.6. The molecule has 2 aromatic rings. The number of hydrogen-bond acceptors (Lipinski definition) is 3. The van der Waals surface area contributed by atoms with Gasteiger partial charge in [-0.3, -0.25) is 9.82 Å². The smallest absolute Gasteiger partial charge is 0.261 e. The second kappa shape index (κ2) is 3.97.